The van der Waals surface area contributed by atoms with Gasteiger partial charge < -0.3 is 15.2 Å². The third kappa shape index (κ3) is 3.77. The number of aliphatic hydroxyl groups is 1. The zero-order chi connectivity index (χ0) is 12.0. The van der Waals surface area contributed by atoms with Crippen molar-refractivity contribution in [2.75, 3.05) is 13.7 Å². The van der Waals surface area contributed by atoms with E-state index in [9.17, 15) is 0 Å². The molecule has 4 heteroatoms. The van der Waals surface area contributed by atoms with E-state index >= 15 is 0 Å². The van der Waals surface area contributed by atoms with Crippen LogP contribution in [0.5, 0.6) is 5.75 Å². The monoisotopic (exact) mass is 288 g/mol. The highest BCUT2D eigenvalue weighted by molar-refractivity contribution is 9.10. The van der Waals surface area contributed by atoms with Gasteiger partial charge in [0.1, 0.15) is 18.3 Å². The fraction of sp³-hybridized carbons (Fsp3) is 0.500. The van der Waals surface area contributed by atoms with E-state index in [-0.39, 0.29) is 12.6 Å². The molecule has 0 heterocycles. The van der Waals surface area contributed by atoms with Gasteiger partial charge in [-0.05, 0) is 24.6 Å². The minimum absolute atomic E-state index is 0.220. The first-order valence-corrected chi connectivity index (χ1v) is 6.27. The molecule has 3 nitrogen and oxygen atoms in total. The lowest BCUT2D eigenvalue weighted by Crippen LogP contribution is -2.89. The Bertz CT molecular complexity index is 327. The van der Waals surface area contributed by atoms with Crippen molar-refractivity contribution >= 4 is 15.9 Å². The second-order valence-corrected chi connectivity index (χ2v) is 4.60. The summed E-state index contributed by atoms with van der Waals surface area (Å²) < 4.78 is 6.27. The standard InChI is InChI=1S/C12H18BrNO2/c1-3-10(8-15)14-7-9-6-11(16-2)4-5-12(9)13/h4-6,10,14-15H,3,7-8H2,1-2H3/p+1/t10-/m1/s1. The van der Waals surface area contributed by atoms with Gasteiger partial charge in [-0.25, -0.2) is 0 Å². The molecule has 0 saturated heterocycles. The maximum atomic E-state index is 9.11. The number of rotatable bonds is 6. The Morgan fingerprint density at radius 1 is 1.50 bits per heavy atom. The van der Waals surface area contributed by atoms with Gasteiger partial charge in [-0.15, -0.1) is 0 Å². The van der Waals surface area contributed by atoms with Crippen molar-refractivity contribution in [3.8, 4) is 5.75 Å². The van der Waals surface area contributed by atoms with E-state index in [0.717, 1.165) is 23.2 Å². The van der Waals surface area contributed by atoms with E-state index in [1.165, 1.54) is 5.56 Å². The molecule has 1 aromatic carbocycles. The average Bonchev–Trinajstić information content (AvgIpc) is 2.32. The van der Waals surface area contributed by atoms with Gasteiger partial charge in [0.2, 0.25) is 0 Å². The second-order valence-electron chi connectivity index (χ2n) is 3.75. The van der Waals surface area contributed by atoms with Gasteiger partial charge >= 0.3 is 0 Å². The summed E-state index contributed by atoms with van der Waals surface area (Å²) in [4.78, 5) is 0. The maximum Gasteiger partial charge on any atom is 0.119 e. The van der Waals surface area contributed by atoms with Gasteiger partial charge in [0.05, 0.1) is 13.7 Å². The molecule has 0 unspecified atom stereocenters. The number of quaternary nitrogens is 1. The van der Waals surface area contributed by atoms with Gasteiger partial charge in [-0.1, -0.05) is 22.9 Å². The zero-order valence-corrected chi connectivity index (χ0v) is 11.3. The van der Waals surface area contributed by atoms with Crippen molar-refractivity contribution in [1.82, 2.24) is 0 Å². The lowest BCUT2D eigenvalue weighted by Gasteiger charge is -2.12. The number of aliphatic hydroxyl groups excluding tert-OH is 1. The van der Waals surface area contributed by atoms with Crippen LogP contribution in [0.4, 0.5) is 0 Å². The highest BCUT2D eigenvalue weighted by atomic mass is 79.9. The van der Waals surface area contributed by atoms with Crippen molar-refractivity contribution in [1.29, 1.82) is 0 Å². The molecular formula is C12H19BrNO2+. The Kier molecular flexibility index (Phi) is 5.80. The molecule has 0 radical (unpaired) electrons. The maximum absolute atomic E-state index is 9.11. The summed E-state index contributed by atoms with van der Waals surface area (Å²) in [7, 11) is 1.67. The number of benzene rings is 1. The Hall–Kier alpha value is -0.580. The van der Waals surface area contributed by atoms with E-state index in [1.807, 2.05) is 18.2 Å². The molecule has 1 atom stereocenters. The van der Waals surface area contributed by atoms with Crippen LogP contribution in [-0.4, -0.2) is 24.9 Å². The number of methoxy groups -OCH3 is 1. The third-order valence-electron chi connectivity index (χ3n) is 2.68. The van der Waals surface area contributed by atoms with Gasteiger partial charge in [0, 0.05) is 10.0 Å². The topological polar surface area (TPSA) is 46.1 Å². The summed E-state index contributed by atoms with van der Waals surface area (Å²) in [6.45, 7) is 3.15. The third-order valence-corrected chi connectivity index (χ3v) is 3.46. The van der Waals surface area contributed by atoms with Gasteiger partial charge in [0.25, 0.3) is 0 Å². The molecule has 1 rings (SSSR count). The number of hydrogen-bond acceptors (Lipinski definition) is 2. The predicted molar refractivity (Wildman–Crippen MR) is 67.5 cm³/mol. The van der Waals surface area contributed by atoms with Crippen LogP contribution < -0.4 is 10.1 Å². The first-order chi connectivity index (χ1) is 7.71. The first-order valence-electron chi connectivity index (χ1n) is 5.47. The van der Waals surface area contributed by atoms with E-state index in [1.54, 1.807) is 7.11 Å². The van der Waals surface area contributed by atoms with E-state index < -0.39 is 0 Å². The molecule has 3 N–H and O–H groups in total. The van der Waals surface area contributed by atoms with E-state index in [4.69, 9.17) is 9.84 Å². The summed E-state index contributed by atoms with van der Waals surface area (Å²) in [5, 5.41) is 11.3. The van der Waals surface area contributed by atoms with Crippen molar-refractivity contribution in [2.24, 2.45) is 0 Å². The summed E-state index contributed by atoms with van der Waals surface area (Å²) >= 11 is 3.52. The molecule has 0 aliphatic heterocycles. The van der Waals surface area contributed by atoms with Gasteiger partial charge in [0.15, 0.2) is 0 Å². The summed E-state index contributed by atoms with van der Waals surface area (Å²) in [6, 6.07) is 6.21. The van der Waals surface area contributed by atoms with E-state index in [2.05, 4.69) is 28.2 Å². The van der Waals surface area contributed by atoms with Crippen LogP contribution >= 0.6 is 15.9 Å². The second kappa shape index (κ2) is 6.89. The van der Waals surface area contributed by atoms with Crippen molar-refractivity contribution in [2.45, 2.75) is 25.9 Å². The van der Waals surface area contributed by atoms with Crippen LogP contribution in [0.3, 0.4) is 0 Å². The molecule has 1 aromatic rings. The largest absolute Gasteiger partial charge is 0.497 e. The SMILES string of the molecule is CC[C@H](CO)[NH2+]Cc1cc(OC)ccc1Br. The molecule has 0 bridgehead atoms. The Balaban J connectivity index is 2.65. The average molecular weight is 289 g/mol. The smallest absolute Gasteiger partial charge is 0.119 e. The normalized spacial score (nSPS) is 12.5. The Labute approximate surface area is 105 Å². The minimum Gasteiger partial charge on any atom is -0.497 e. The number of ether oxygens (including phenoxy) is 1. The fourth-order valence-electron chi connectivity index (χ4n) is 1.50. The highest BCUT2D eigenvalue weighted by Crippen LogP contribution is 2.21. The molecule has 16 heavy (non-hydrogen) atoms. The number of halogens is 1. The predicted octanol–water partition coefficient (Wildman–Crippen LogP) is 1.29. The van der Waals surface area contributed by atoms with Crippen molar-refractivity contribution < 1.29 is 15.2 Å². The Morgan fingerprint density at radius 3 is 2.81 bits per heavy atom. The lowest BCUT2D eigenvalue weighted by atomic mass is 10.2. The molecule has 0 aliphatic carbocycles. The zero-order valence-electron chi connectivity index (χ0n) is 9.74. The molecule has 0 aromatic heterocycles. The quantitative estimate of drug-likeness (QED) is 0.829. The van der Waals surface area contributed by atoms with Crippen LogP contribution in [0.25, 0.3) is 0 Å². The van der Waals surface area contributed by atoms with Gasteiger partial charge in [-0.3, -0.25) is 0 Å². The number of hydrogen-bond donors (Lipinski definition) is 2. The fourth-order valence-corrected chi connectivity index (χ4v) is 1.91. The highest BCUT2D eigenvalue weighted by Gasteiger charge is 2.09. The summed E-state index contributed by atoms with van der Waals surface area (Å²) in [6.07, 6.45) is 0.970. The number of nitrogens with two attached hydrogens (primary N) is 1. The minimum atomic E-state index is 0.220. The lowest BCUT2D eigenvalue weighted by molar-refractivity contribution is -0.706. The molecule has 0 aliphatic rings. The molecule has 0 saturated carbocycles. The van der Waals surface area contributed by atoms with Crippen LogP contribution in [0.1, 0.15) is 18.9 Å². The van der Waals surface area contributed by atoms with Crippen molar-refractivity contribution in [3.05, 3.63) is 28.2 Å². The molecule has 90 valence electrons. The summed E-state index contributed by atoms with van der Waals surface area (Å²) in [5.74, 6) is 0.864. The first kappa shape index (κ1) is 13.5. The summed E-state index contributed by atoms with van der Waals surface area (Å²) in [5.41, 5.74) is 1.19. The van der Waals surface area contributed by atoms with Crippen LogP contribution in [0.15, 0.2) is 22.7 Å². The van der Waals surface area contributed by atoms with Crippen LogP contribution in [-0.2, 0) is 6.54 Å². The van der Waals surface area contributed by atoms with Crippen LogP contribution in [0.2, 0.25) is 0 Å². The molecule has 0 fully saturated rings. The molecule has 0 spiro atoms. The van der Waals surface area contributed by atoms with E-state index in [0.29, 0.717) is 0 Å². The van der Waals surface area contributed by atoms with Gasteiger partial charge in [-0.2, -0.15) is 0 Å². The van der Waals surface area contributed by atoms with Crippen LogP contribution in [0, 0.1) is 0 Å². The Morgan fingerprint density at radius 2 is 2.25 bits per heavy atom. The molecular weight excluding hydrogens is 270 g/mol. The van der Waals surface area contributed by atoms with Crippen molar-refractivity contribution in [3.63, 3.8) is 0 Å². The molecule has 0 amide bonds.